The molecule has 0 spiro atoms. The predicted octanol–water partition coefficient (Wildman–Crippen LogP) is 3.02. The van der Waals surface area contributed by atoms with E-state index in [2.05, 4.69) is 46.2 Å². The van der Waals surface area contributed by atoms with Gasteiger partial charge in [-0.2, -0.15) is 4.89 Å². The first-order valence-electron chi connectivity index (χ1n) is 9.35. The molecule has 0 saturated carbocycles. The minimum Gasteiger partial charge on any atom is -0.369 e. The molecule has 4 heteroatoms. The molecule has 0 amide bonds. The van der Waals surface area contributed by atoms with Gasteiger partial charge in [-0.25, -0.2) is 0 Å². The summed E-state index contributed by atoms with van der Waals surface area (Å²) in [6.45, 7) is 6.30. The van der Waals surface area contributed by atoms with E-state index in [1.54, 1.807) is 11.1 Å². The van der Waals surface area contributed by atoms with Crippen LogP contribution in [-0.2, 0) is 17.7 Å². The van der Waals surface area contributed by atoms with E-state index in [0.717, 1.165) is 44.3 Å². The van der Waals surface area contributed by atoms with Crippen LogP contribution in [0, 0.1) is 0 Å². The van der Waals surface area contributed by atoms with Crippen LogP contribution in [0.25, 0.3) is 0 Å². The van der Waals surface area contributed by atoms with E-state index in [1.807, 2.05) is 6.07 Å². The van der Waals surface area contributed by atoms with Crippen molar-refractivity contribution in [2.45, 2.75) is 18.8 Å². The first-order chi connectivity index (χ1) is 12.4. The second-order valence-corrected chi connectivity index (χ2v) is 7.30. The molecule has 4 nitrogen and oxygen atoms in total. The molecule has 5 rings (SSSR count). The van der Waals surface area contributed by atoms with Crippen LogP contribution in [0.1, 0.15) is 22.6 Å². The summed E-state index contributed by atoms with van der Waals surface area (Å²) in [5.74, 6) is 1.62. The number of nitrogens with zero attached hydrogens (tertiary/aromatic N) is 2. The topological polar surface area (TPSA) is 24.9 Å². The number of fused-ring (bicyclic) bond motifs is 2. The number of anilines is 1. The summed E-state index contributed by atoms with van der Waals surface area (Å²) in [6.07, 6.45) is 2.19. The van der Waals surface area contributed by atoms with Crippen molar-refractivity contribution < 1.29 is 9.78 Å². The number of piperazine rings is 1. The summed E-state index contributed by atoms with van der Waals surface area (Å²) in [7, 11) is 0. The number of rotatable bonds is 3. The number of benzene rings is 2. The van der Waals surface area contributed by atoms with Crippen LogP contribution in [0.2, 0.25) is 0 Å². The van der Waals surface area contributed by atoms with Crippen LogP contribution in [0.15, 0.2) is 42.5 Å². The van der Waals surface area contributed by atoms with Crippen molar-refractivity contribution in [1.82, 2.24) is 4.90 Å². The van der Waals surface area contributed by atoms with Gasteiger partial charge >= 0.3 is 0 Å². The lowest BCUT2D eigenvalue weighted by Crippen LogP contribution is -2.48. The Labute approximate surface area is 148 Å². The third-order valence-corrected chi connectivity index (χ3v) is 5.85. The fourth-order valence-electron chi connectivity index (χ4n) is 4.44. The van der Waals surface area contributed by atoms with E-state index < -0.39 is 0 Å². The minimum absolute atomic E-state index is 0.644. The molecule has 2 aliphatic heterocycles. The Balaban J connectivity index is 1.23. The van der Waals surface area contributed by atoms with Crippen LogP contribution < -0.4 is 9.79 Å². The standard InChI is InChI=1S/C21H24N2O2/c1-2-5-18-16(4-1)14-17(18)15-22-9-11-23(12-10-22)20-6-3-7-21-19(20)8-13-24-25-21/h1-7,17H,8-15H2/t17-/m0/s1. The summed E-state index contributed by atoms with van der Waals surface area (Å²) < 4.78 is 0. The van der Waals surface area contributed by atoms with Gasteiger partial charge in [-0.1, -0.05) is 30.3 Å². The summed E-state index contributed by atoms with van der Waals surface area (Å²) in [6, 6.07) is 15.2. The summed E-state index contributed by atoms with van der Waals surface area (Å²) >= 11 is 0. The fraction of sp³-hybridized carbons (Fsp3) is 0.429. The van der Waals surface area contributed by atoms with Crippen LogP contribution in [-0.4, -0.2) is 44.2 Å². The van der Waals surface area contributed by atoms with E-state index in [0.29, 0.717) is 6.61 Å². The highest BCUT2D eigenvalue weighted by Crippen LogP contribution is 2.36. The molecule has 2 aromatic rings. The van der Waals surface area contributed by atoms with Crippen molar-refractivity contribution in [3.8, 4) is 5.75 Å². The molecule has 2 heterocycles. The number of hydrogen-bond donors (Lipinski definition) is 0. The molecule has 1 aliphatic carbocycles. The molecule has 3 aliphatic rings. The average molecular weight is 336 g/mol. The zero-order valence-electron chi connectivity index (χ0n) is 14.5. The Morgan fingerprint density at radius 1 is 0.960 bits per heavy atom. The van der Waals surface area contributed by atoms with Crippen molar-refractivity contribution in [2.24, 2.45) is 0 Å². The molecular weight excluding hydrogens is 312 g/mol. The Morgan fingerprint density at radius 3 is 2.72 bits per heavy atom. The van der Waals surface area contributed by atoms with Gasteiger partial charge in [-0.3, -0.25) is 4.90 Å². The van der Waals surface area contributed by atoms with Gasteiger partial charge in [0.2, 0.25) is 0 Å². The quantitative estimate of drug-likeness (QED) is 0.805. The first kappa shape index (κ1) is 15.2. The zero-order chi connectivity index (χ0) is 16.6. The lowest BCUT2D eigenvalue weighted by molar-refractivity contribution is -0.215. The lowest BCUT2D eigenvalue weighted by atomic mass is 9.77. The first-order valence-corrected chi connectivity index (χ1v) is 9.35. The molecule has 130 valence electrons. The van der Waals surface area contributed by atoms with Crippen molar-refractivity contribution in [3.63, 3.8) is 0 Å². The highest BCUT2D eigenvalue weighted by molar-refractivity contribution is 5.60. The monoisotopic (exact) mass is 336 g/mol. The SMILES string of the molecule is c1ccc2c(c1)C[C@H]2CN1CCN(c2cccc3c2CCOO3)CC1. The molecule has 0 aromatic heterocycles. The third-order valence-electron chi connectivity index (χ3n) is 5.85. The fourth-order valence-corrected chi connectivity index (χ4v) is 4.44. The van der Waals surface area contributed by atoms with E-state index in [4.69, 9.17) is 9.78 Å². The average Bonchev–Trinajstić information content (AvgIpc) is 2.66. The molecule has 1 atom stereocenters. The molecule has 0 unspecified atom stereocenters. The van der Waals surface area contributed by atoms with Gasteiger partial charge in [-0.15, -0.1) is 0 Å². The smallest absolute Gasteiger partial charge is 0.170 e. The molecule has 2 aromatic carbocycles. The molecule has 0 N–H and O–H groups in total. The van der Waals surface area contributed by atoms with Crippen molar-refractivity contribution in [3.05, 3.63) is 59.2 Å². The highest BCUT2D eigenvalue weighted by Gasteiger charge is 2.29. The van der Waals surface area contributed by atoms with Crippen LogP contribution >= 0.6 is 0 Å². The largest absolute Gasteiger partial charge is 0.369 e. The van der Waals surface area contributed by atoms with E-state index in [-0.39, 0.29) is 0 Å². The summed E-state index contributed by atoms with van der Waals surface area (Å²) in [4.78, 5) is 15.6. The van der Waals surface area contributed by atoms with Crippen molar-refractivity contribution >= 4 is 5.69 Å². The van der Waals surface area contributed by atoms with Gasteiger partial charge < -0.3 is 9.79 Å². The van der Waals surface area contributed by atoms with Crippen LogP contribution in [0.5, 0.6) is 5.75 Å². The van der Waals surface area contributed by atoms with Crippen molar-refractivity contribution in [2.75, 3.05) is 44.2 Å². The Hall–Kier alpha value is -2.04. The zero-order valence-corrected chi connectivity index (χ0v) is 14.5. The second-order valence-electron chi connectivity index (χ2n) is 7.30. The van der Waals surface area contributed by atoms with Crippen molar-refractivity contribution in [1.29, 1.82) is 0 Å². The van der Waals surface area contributed by atoms with Gasteiger partial charge in [0, 0.05) is 56.3 Å². The summed E-state index contributed by atoms with van der Waals surface area (Å²) in [5, 5.41) is 0. The second kappa shape index (κ2) is 6.36. The molecule has 0 bridgehead atoms. The van der Waals surface area contributed by atoms with E-state index in [1.165, 1.54) is 24.2 Å². The van der Waals surface area contributed by atoms with E-state index >= 15 is 0 Å². The Kier molecular flexibility index (Phi) is 3.87. The summed E-state index contributed by atoms with van der Waals surface area (Å²) in [5.41, 5.74) is 5.74. The Bertz CT molecular complexity index is 768. The molecule has 1 saturated heterocycles. The third kappa shape index (κ3) is 2.79. The maximum atomic E-state index is 5.35. The minimum atomic E-state index is 0.644. The lowest BCUT2D eigenvalue weighted by Gasteiger charge is -2.41. The maximum Gasteiger partial charge on any atom is 0.170 e. The van der Waals surface area contributed by atoms with Gasteiger partial charge in [0.15, 0.2) is 5.75 Å². The number of hydrogen-bond acceptors (Lipinski definition) is 4. The van der Waals surface area contributed by atoms with E-state index in [9.17, 15) is 0 Å². The van der Waals surface area contributed by atoms with Gasteiger partial charge in [-0.05, 0) is 29.7 Å². The van der Waals surface area contributed by atoms with Gasteiger partial charge in [0.25, 0.3) is 0 Å². The molecule has 25 heavy (non-hydrogen) atoms. The predicted molar refractivity (Wildman–Crippen MR) is 98.3 cm³/mol. The Morgan fingerprint density at radius 2 is 1.84 bits per heavy atom. The van der Waals surface area contributed by atoms with Gasteiger partial charge in [0.1, 0.15) is 0 Å². The molecule has 0 radical (unpaired) electrons. The highest BCUT2D eigenvalue weighted by atomic mass is 17.2. The maximum absolute atomic E-state index is 5.35. The normalized spacial score (nSPS) is 22.6. The van der Waals surface area contributed by atoms with Crippen LogP contribution in [0.4, 0.5) is 5.69 Å². The van der Waals surface area contributed by atoms with Gasteiger partial charge in [0.05, 0.1) is 6.61 Å². The van der Waals surface area contributed by atoms with Crippen LogP contribution in [0.3, 0.4) is 0 Å². The molecule has 1 fully saturated rings. The molecular formula is C21H24N2O2.